The summed E-state index contributed by atoms with van der Waals surface area (Å²) in [4.78, 5) is 1.19. The summed E-state index contributed by atoms with van der Waals surface area (Å²) in [6.07, 6.45) is 4.12. The number of nitriles is 1. The number of benzene rings is 1. The third-order valence-corrected chi connectivity index (χ3v) is 4.99. The average Bonchev–Trinajstić information content (AvgIpc) is 2.39. The van der Waals surface area contributed by atoms with Crippen molar-refractivity contribution in [2.24, 2.45) is 0 Å². The van der Waals surface area contributed by atoms with Gasteiger partial charge in [-0.3, -0.25) is 0 Å². The molecule has 0 aliphatic heterocycles. The first-order valence-electron chi connectivity index (χ1n) is 6.20. The largest absolute Gasteiger partial charge is 0.302 e. The molecule has 1 aliphatic rings. The quantitative estimate of drug-likeness (QED) is 0.913. The van der Waals surface area contributed by atoms with Crippen molar-refractivity contribution >= 4 is 23.4 Å². The van der Waals surface area contributed by atoms with E-state index in [1.54, 1.807) is 0 Å². The van der Waals surface area contributed by atoms with Crippen LogP contribution >= 0.6 is 23.4 Å². The van der Waals surface area contributed by atoms with Crippen molar-refractivity contribution in [2.45, 2.75) is 41.4 Å². The van der Waals surface area contributed by atoms with Crippen LogP contribution in [0, 0.1) is 11.3 Å². The summed E-state index contributed by atoms with van der Waals surface area (Å²) in [5.41, 5.74) is -0.339. The molecule has 0 heterocycles. The van der Waals surface area contributed by atoms with Gasteiger partial charge >= 0.3 is 0 Å². The number of halogens is 1. The molecule has 0 spiro atoms. The molecule has 0 radical (unpaired) electrons. The van der Waals surface area contributed by atoms with Gasteiger partial charge < -0.3 is 5.32 Å². The zero-order valence-corrected chi connectivity index (χ0v) is 12.0. The molecule has 0 bridgehead atoms. The zero-order chi connectivity index (χ0) is 13.0. The van der Waals surface area contributed by atoms with Crippen LogP contribution in [0.2, 0.25) is 5.02 Å². The highest BCUT2D eigenvalue weighted by Crippen LogP contribution is 2.38. The summed E-state index contributed by atoms with van der Waals surface area (Å²) in [5, 5.41) is 13.8. The van der Waals surface area contributed by atoms with E-state index >= 15 is 0 Å². The molecule has 2 rings (SSSR count). The Labute approximate surface area is 118 Å². The van der Waals surface area contributed by atoms with Gasteiger partial charge in [0, 0.05) is 15.2 Å². The first-order chi connectivity index (χ1) is 8.67. The molecule has 2 nitrogen and oxygen atoms in total. The summed E-state index contributed by atoms with van der Waals surface area (Å²) >= 11 is 7.83. The van der Waals surface area contributed by atoms with Crippen LogP contribution in [0.25, 0.3) is 0 Å². The minimum Gasteiger partial charge on any atom is -0.302 e. The van der Waals surface area contributed by atoms with E-state index in [4.69, 9.17) is 11.6 Å². The van der Waals surface area contributed by atoms with Crippen LogP contribution in [0.1, 0.15) is 25.7 Å². The van der Waals surface area contributed by atoms with Gasteiger partial charge in [-0.2, -0.15) is 5.26 Å². The molecule has 0 aromatic heterocycles. The van der Waals surface area contributed by atoms with Crippen molar-refractivity contribution in [3.05, 3.63) is 29.3 Å². The second kappa shape index (κ2) is 5.97. The molecular formula is C14H17ClN2S. The van der Waals surface area contributed by atoms with Gasteiger partial charge in [-0.05, 0) is 50.9 Å². The van der Waals surface area contributed by atoms with Gasteiger partial charge in [-0.1, -0.05) is 17.7 Å². The summed E-state index contributed by atoms with van der Waals surface area (Å²) in [6.45, 7) is 0. The van der Waals surface area contributed by atoms with E-state index < -0.39 is 0 Å². The summed E-state index contributed by atoms with van der Waals surface area (Å²) < 4.78 is 0. The molecule has 1 fully saturated rings. The van der Waals surface area contributed by atoms with Crippen LogP contribution in [0.3, 0.4) is 0 Å². The lowest BCUT2D eigenvalue weighted by Crippen LogP contribution is -2.46. The van der Waals surface area contributed by atoms with Gasteiger partial charge in [0.1, 0.15) is 5.54 Å². The Hall–Kier alpha value is -0.690. The number of hydrogen-bond donors (Lipinski definition) is 1. The van der Waals surface area contributed by atoms with Gasteiger partial charge in [-0.15, -0.1) is 11.8 Å². The highest BCUT2D eigenvalue weighted by atomic mass is 35.5. The SMILES string of the molecule is CNC1(C#N)CCCC(Sc2cccc(Cl)c2)C1. The fourth-order valence-corrected chi connectivity index (χ4v) is 4.09. The summed E-state index contributed by atoms with van der Waals surface area (Å²) in [7, 11) is 1.88. The molecule has 0 amide bonds. The molecule has 1 aromatic rings. The lowest BCUT2D eigenvalue weighted by atomic mass is 9.83. The average molecular weight is 281 g/mol. The topological polar surface area (TPSA) is 35.8 Å². The van der Waals surface area contributed by atoms with Crippen molar-refractivity contribution in [3.8, 4) is 6.07 Å². The minimum atomic E-state index is -0.339. The number of thioether (sulfide) groups is 1. The van der Waals surface area contributed by atoms with E-state index in [2.05, 4.69) is 17.5 Å². The van der Waals surface area contributed by atoms with E-state index in [9.17, 15) is 5.26 Å². The normalized spacial score (nSPS) is 27.7. The number of rotatable bonds is 3. The standard InChI is InChI=1S/C14H17ClN2S/c1-17-14(10-16)7-3-6-13(9-14)18-12-5-2-4-11(15)8-12/h2,4-5,8,13,17H,3,6-7,9H2,1H3. The second-order valence-corrected chi connectivity index (χ2v) is 6.55. The molecule has 2 unspecified atom stereocenters. The van der Waals surface area contributed by atoms with E-state index in [1.807, 2.05) is 37.0 Å². The molecule has 2 atom stereocenters. The van der Waals surface area contributed by atoms with Crippen LogP contribution < -0.4 is 5.32 Å². The van der Waals surface area contributed by atoms with Crippen molar-refractivity contribution in [1.82, 2.24) is 5.32 Å². The predicted octanol–water partition coefficient (Wildman–Crippen LogP) is 3.86. The fraction of sp³-hybridized carbons (Fsp3) is 0.500. The zero-order valence-electron chi connectivity index (χ0n) is 10.4. The highest BCUT2D eigenvalue weighted by Gasteiger charge is 2.35. The van der Waals surface area contributed by atoms with Crippen LogP contribution in [-0.2, 0) is 0 Å². The van der Waals surface area contributed by atoms with E-state index in [0.29, 0.717) is 5.25 Å². The van der Waals surface area contributed by atoms with E-state index in [-0.39, 0.29) is 5.54 Å². The lowest BCUT2D eigenvalue weighted by Gasteiger charge is -2.35. The first kappa shape index (κ1) is 13.7. The first-order valence-corrected chi connectivity index (χ1v) is 7.46. The molecule has 1 aliphatic carbocycles. The third kappa shape index (κ3) is 3.20. The molecule has 1 aromatic carbocycles. The number of nitrogens with one attached hydrogen (secondary N) is 1. The molecule has 4 heteroatoms. The van der Waals surface area contributed by atoms with Crippen molar-refractivity contribution in [3.63, 3.8) is 0 Å². The summed E-state index contributed by atoms with van der Waals surface area (Å²) in [5.74, 6) is 0. The van der Waals surface area contributed by atoms with E-state index in [1.165, 1.54) is 11.3 Å². The van der Waals surface area contributed by atoms with Crippen LogP contribution in [0.5, 0.6) is 0 Å². The van der Waals surface area contributed by atoms with Gasteiger partial charge in [0.05, 0.1) is 6.07 Å². The van der Waals surface area contributed by atoms with Crippen LogP contribution in [0.15, 0.2) is 29.2 Å². The maximum atomic E-state index is 9.33. The minimum absolute atomic E-state index is 0.339. The van der Waals surface area contributed by atoms with E-state index in [0.717, 1.165) is 24.3 Å². The molecule has 96 valence electrons. The van der Waals surface area contributed by atoms with Crippen molar-refractivity contribution in [1.29, 1.82) is 5.26 Å². The molecule has 0 saturated heterocycles. The smallest absolute Gasteiger partial charge is 0.107 e. The van der Waals surface area contributed by atoms with Gasteiger partial charge in [0.15, 0.2) is 0 Å². The van der Waals surface area contributed by atoms with Crippen molar-refractivity contribution in [2.75, 3.05) is 7.05 Å². The maximum absolute atomic E-state index is 9.33. The second-order valence-electron chi connectivity index (χ2n) is 4.74. The number of hydrogen-bond acceptors (Lipinski definition) is 3. The van der Waals surface area contributed by atoms with Crippen molar-refractivity contribution < 1.29 is 0 Å². The Bertz CT molecular complexity index is 457. The van der Waals surface area contributed by atoms with Gasteiger partial charge in [0.2, 0.25) is 0 Å². The predicted molar refractivity (Wildman–Crippen MR) is 77.0 cm³/mol. The maximum Gasteiger partial charge on any atom is 0.107 e. The van der Waals surface area contributed by atoms with Gasteiger partial charge in [-0.25, -0.2) is 0 Å². The Kier molecular flexibility index (Phi) is 4.55. The third-order valence-electron chi connectivity index (χ3n) is 3.50. The monoisotopic (exact) mass is 280 g/mol. The number of nitrogens with zero attached hydrogens (tertiary/aromatic N) is 1. The summed E-state index contributed by atoms with van der Waals surface area (Å²) in [6, 6.07) is 10.4. The Morgan fingerprint density at radius 3 is 3.06 bits per heavy atom. The highest BCUT2D eigenvalue weighted by molar-refractivity contribution is 8.00. The van der Waals surface area contributed by atoms with Gasteiger partial charge in [0.25, 0.3) is 0 Å². The molecule has 18 heavy (non-hydrogen) atoms. The Morgan fingerprint density at radius 1 is 1.56 bits per heavy atom. The fourth-order valence-electron chi connectivity index (χ4n) is 2.44. The Morgan fingerprint density at radius 2 is 2.39 bits per heavy atom. The van der Waals surface area contributed by atoms with Crippen LogP contribution in [0.4, 0.5) is 0 Å². The molecule has 1 saturated carbocycles. The molecular weight excluding hydrogens is 264 g/mol. The molecule has 1 N–H and O–H groups in total. The van der Waals surface area contributed by atoms with Crippen LogP contribution in [-0.4, -0.2) is 17.8 Å². The Balaban J connectivity index is 2.04. The lowest BCUT2D eigenvalue weighted by molar-refractivity contribution is 0.323.